The standard InChI is InChI=1S/C16H16N4O/c1-11-2-3-12(9-18-11)6-7-17-16(21)13-4-5-14-15(8-13)20-10-19-14/h2-5,8-10H,6-7H2,1H3,(H,17,21)(H,19,20). The lowest BCUT2D eigenvalue weighted by molar-refractivity contribution is 0.0954. The number of nitrogens with zero attached hydrogens (tertiary/aromatic N) is 2. The maximum atomic E-state index is 12.1. The topological polar surface area (TPSA) is 70.7 Å². The fourth-order valence-electron chi connectivity index (χ4n) is 2.15. The number of benzene rings is 1. The second kappa shape index (κ2) is 5.75. The number of aromatic nitrogens is 3. The van der Waals surface area contributed by atoms with Gasteiger partial charge in [-0.15, -0.1) is 0 Å². The summed E-state index contributed by atoms with van der Waals surface area (Å²) in [6, 6.07) is 9.44. The van der Waals surface area contributed by atoms with Crippen molar-refractivity contribution in [2.45, 2.75) is 13.3 Å². The molecular weight excluding hydrogens is 264 g/mol. The Balaban J connectivity index is 1.59. The summed E-state index contributed by atoms with van der Waals surface area (Å²) in [5.41, 5.74) is 4.47. The van der Waals surface area contributed by atoms with Crippen molar-refractivity contribution in [2.75, 3.05) is 6.54 Å². The van der Waals surface area contributed by atoms with E-state index in [0.29, 0.717) is 12.1 Å². The van der Waals surface area contributed by atoms with Crippen LogP contribution in [0.15, 0.2) is 42.9 Å². The highest BCUT2D eigenvalue weighted by molar-refractivity contribution is 5.97. The first-order valence-electron chi connectivity index (χ1n) is 6.85. The smallest absolute Gasteiger partial charge is 0.251 e. The number of carbonyl (C=O) groups excluding carboxylic acids is 1. The van der Waals surface area contributed by atoms with Crippen molar-refractivity contribution >= 4 is 16.9 Å². The molecule has 0 aliphatic carbocycles. The van der Waals surface area contributed by atoms with Gasteiger partial charge in [0.25, 0.3) is 5.91 Å². The van der Waals surface area contributed by atoms with Gasteiger partial charge in [-0.2, -0.15) is 0 Å². The molecule has 0 radical (unpaired) electrons. The Morgan fingerprint density at radius 3 is 2.95 bits per heavy atom. The molecule has 0 aliphatic heterocycles. The van der Waals surface area contributed by atoms with Crippen molar-refractivity contribution in [1.29, 1.82) is 0 Å². The summed E-state index contributed by atoms with van der Waals surface area (Å²) in [6.45, 7) is 2.54. The van der Waals surface area contributed by atoms with Gasteiger partial charge in [0.2, 0.25) is 0 Å². The SMILES string of the molecule is Cc1ccc(CCNC(=O)c2ccc3nc[nH]c3c2)cn1. The number of hydrogen-bond acceptors (Lipinski definition) is 3. The van der Waals surface area contributed by atoms with E-state index >= 15 is 0 Å². The van der Waals surface area contributed by atoms with E-state index < -0.39 is 0 Å². The van der Waals surface area contributed by atoms with E-state index in [-0.39, 0.29) is 5.91 Å². The number of aryl methyl sites for hydroxylation is 1. The summed E-state index contributed by atoms with van der Waals surface area (Å²) in [7, 11) is 0. The van der Waals surface area contributed by atoms with Gasteiger partial charge < -0.3 is 10.3 Å². The van der Waals surface area contributed by atoms with E-state index in [2.05, 4.69) is 20.3 Å². The number of rotatable bonds is 4. The summed E-state index contributed by atoms with van der Waals surface area (Å²) in [5.74, 6) is -0.0772. The van der Waals surface area contributed by atoms with Crippen LogP contribution in [0, 0.1) is 6.92 Å². The van der Waals surface area contributed by atoms with Crippen LogP contribution < -0.4 is 5.32 Å². The maximum absolute atomic E-state index is 12.1. The third kappa shape index (κ3) is 3.08. The van der Waals surface area contributed by atoms with Crippen molar-refractivity contribution in [3.63, 3.8) is 0 Å². The third-order valence-corrected chi connectivity index (χ3v) is 3.35. The van der Waals surface area contributed by atoms with Crippen LogP contribution in [0.5, 0.6) is 0 Å². The first-order chi connectivity index (χ1) is 10.2. The average Bonchev–Trinajstić information content (AvgIpc) is 2.96. The number of aromatic amines is 1. The van der Waals surface area contributed by atoms with Gasteiger partial charge in [-0.1, -0.05) is 6.07 Å². The van der Waals surface area contributed by atoms with Gasteiger partial charge >= 0.3 is 0 Å². The minimum atomic E-state index is -0.0772. The zero-order valence-electron chi connectivity index (χ0n) is 11.8. The Labute approximate surface area is 122 Å². The van der Waals surface area contributed by atoms with Gasteiger partial charge in [0.05, 0.1) is 17.4 Å². The van der Waals surface area contributed by atoms with Crippen LogP contribution in [0.3, 0.4) is 0 Å². The molecule has 2 N–H and O–H groups in total. The number of fused-ring (bicyclic) bond motifs is 1. The third-order valence-electron chi connectivity index (χ3n) is 3.35. The number of carbonyl (C=O) groups is 1. The molecule has 0 unspecified atom stereocenters. The molecule has 0 fully saturated rings. The number of H-pyrrole nitrogens is 1. The van der Waals surface area contributed by atoms with Gasteiger partial charge in [0.15, 0.2) is 0 Å². The molecule has 0 atom stereocenters. The van der Waals surface area contributed by atoms with Gasteiger partial charge in [-0.05, 0) is 43.2 Å². The lowest BCUT2D eigenvalue weighted by atomic mass is 10.1. The van der Waals surface area contributed by atoms with Crippen LogP contribution in [0.4, 0.5) is 0 Å². The van der Waals surface area contributed by atoms with Crippen LogP contribution in [0.1, 0.15) is 21.6 Å². The normalized spacial score (nSPS) is 10.7. The lowest BCUT2D eigenvalue weighted by Crippen LogP contribution is -2.25. The van der Waals surface area contributed by atoms with Crippen molar-refractivity contribution in [3.8, 4) is 0 Å². The minimum Gasteiger partial charge on any atom is -0.352 e. The highest BCUT2D eigenvalue weighted by Gasteiger charge is 2.06. The van der Waals surface area contributed by atoms with Gasteiger partial charge in [0.1, 0.15) is 0 Å². The predicted octanol–water partition coefficient (Wildman–Crippen LogP) is 2.24. The van der Waals surface area contributed by atoms with Crippen molar-refractivity contribution < 1.29 is 4.79 Å². The molecule has 0 saturated carbocycles. The van der Waals surface area contributed by atoms with E-state index in [1.54, 1.807) is 12.4 Å². The van der Waals surface area contributed by atoms with E-state index in [9.17, 15) is 4.79 Å². The van der Waals surface area contributed by atoms with Crippen LogP contribution in [-0.4, -0.2) is 27.4 Å². The second-order valence-electron chi connectivity index (χ2n) is 4.95. The zero-order chi connectivity index (χ0) is 14.7. The fraction of sp³-hybridized carbons (Fsp3) is 0.188. The number of nitrogens with one attached hydrogen (secondary N) is 2. The maximum Gasteiger partial charge on any atom is 0.251 e. The molecular formula is C16H16N4O. The van der Waals surface area contributed by atoms with E-state index in [0.717, 1.165) is 28.7 Å². The largest absolute Gasteiger partial charge is 0.352 e. The van der Waals surface area contributed by atoms with E-state index in [4.69, 9.17) is 0 Å². The monoisotopic (exact) mass is 280 g/mol. The quantitative estimate of drug-likeness (QED) is 0.770. The Hall–Kier alpha value is -2.69. The number of hydrogen-bond donors (Lipinski definition) is 2. The molecule has 0 aliphatic rings. The Bertz CT molecular complexity index is 761. The van der Waals surface area contributed by atoms with Gasteiger partial charge in [-0.3, -0.25) is 9.78 Å². The van der Waals surface area contributed by atoms with E-state index in [1.807, 2.05) is 37.4 Å². The molecule has 0 saturated heterocycles. The van der Waals surface area contributed by atoms with E-state index in [1.165, 1.54) is 0 Å². The number of pyridine rings is 1. The van der Waals surface area contributed by atoms with Crippen molar-refractivity contribution in [3.05, 3.63) is 59.7 Å². The summed E-state index contributed by atoms with van der Waals surface area (Å²) >= 11 is 0. The molecule has 2 heterocycles. The molecule has 1 aromatic carbocycles. The lowest BCUT2D eigenvalue weighted by Gasteiger charge is -2.05. The molecule has 106 valence electrons. The molecule has 3 rings (SSSR count). The molecule has 3 aromatic rings. The predicted molar refractivity (Wildman–Crippen MR) is 81.1 cm³/mol. The molecule has 0 bridgehead atoms. The molecule has 5 heteroatoms. The van der Waals surface area contributed by atoms with Crippen LogP contribution in [0.25, 0.3) is 11.0 Å². The first kappa shape index (κ1) is 13.3. The molecule has 5 nitrogen and oxygen atoms in total. The summed E-state index contributed by atoms with van der Waals surface area (Å²) < 4.78 is 0. The highest BCUT2D eigenvalue weighted by Crippen LogP contribution is 2.11. The Morgan fingerprint density at radius 2 is 2.14 bits per heavy atom. The minimum absolute atomic E-state index is 0.0772. The van der Waals surface area contributed by atoms with Crippen molar-refractivity contribution in [2.24, 2.45) is 0 Å². The Morgan fingerprint density at radius 1 is 1.24 bits per heavy atom. The zero-order valence-corrected chi connectivity index (χ0v) is 11.8. The number of imidazole rings is 1. The summed E-state index contributed by atoms with van der Waals surface area (Å²) in [5, 5.41) is 2.92. The first-order valence-corrected chi connectivity index (χ1v) is 6.85. The molecule has 2 aromatic heterocycles. The van der Waals surface area contributed by atoms with Crippen LogP contribution >= 0.6 is 0 Å². The fourth-order valence-corrected chi connectivity index (χ4v) is 2.15. The molecule has 1 amide bonds. The summed E-state index contributed by atoms with van der Waals surface area (Å²) in [6.07, 6.45) is 4.24. The summed E-state index contributed by atoms with van der Waals surface area (Å²) in [4.78, 5) is 23.5. The van der Waals surface area contributed by atoms with Gasteiger partial charge in [-0.25, -0.2) is 4.98 Å². The van der Waals surface area contributed by atoms with Gasteiger partial charge in [0, 0.05) is 24.0 Å². The average molecular weight is 280 g/mol. The van der Waals surface area contributed by atoms with Crippen LogP contribution in [-0.2, 0) is 6.42 Å². The van der Waals surface area contributed by atoms with Crippen LogP contribution in [0.2, 0.25) is 0 Å². The molecule has 21 heavy (non-hydrogen) atoms. The highest BCUT2D eigenvalue weighted by atomic mass is 16.1. The second-order valence-corrected chi connectivity index (χ2v) is 4.95. The molecule has 0 spiro atoms. The van der Waals surface area contributed by atoms with Crippen molar-refractivity contribution in [1.82, 2.24) is 20.3 Å². The Kier molecular flexibility index (Phi) is 3.64. The number of amides is 1.